The molecule has 2 aliphatic rings. The van der Waals surface area contributed by atoms with E-state index in [0.29, 0.717) is 19.3 Å². The Morgan fingerprint density at radius 1 is 0.946 bits per heavy atom. The van der Waals surface area contributed by atoms with Crippen LogP contribution in [0.4, 0.5) is 0 Å². The van der Waals surface area contributed by atoms with E-state index in [1.54, 1.807) is 0 Å². The van der Waals surface area contributed by atoms with Gasteiger partial charge in [0.2, 0.25) is 6.29 Å². The molecule has 37 heavy (non-hydrogen) atoms. The summed E-state index contributed by atoms with van der Waals surface area (Å²) in [6, 6.07) is 0. The van der Waals surface area contributed by atoms with E-state index in [9.17, 15) is 24.0 Å². The summed E-state index contributed by atoms with van der Waals surface area (Å²) in [6.07, 6.45) is -5.07. The lowest BCUT2D eigenvalue weighted by Crippen LogP contribution is -2.64. The SMILES string of the molecule is CCCO[C@@H](O[C@@H]1O[C@H](COC(C)=O)[C@@H](OC(C)=O)[C@H](OC(C)=O)[C@H]1OC(C)=O)[C@]1(Br)CCCCC1=O. The lowest BCUT2D eigenvalue weighted by Gasteiger charge is -2.46. The lowest BCUT2D eigenvalue weighted by molar-refractivity contribution is -0.342. The monoisotopic (exact) mass is 594 g/mol. The fourth-order valence-corrected chi connectivity index (χ4v) is 4.91. The number of rotatable bonds is 11. The smallest absolute Gasteiger partial charge is 0.303 e. The Kier molecular flexibility index (Phi) is 11.9. The zero-order chi connectivity index (χ0) is 27.8. The minimum absolute atomic E-state index is 0.120. The highest BCUT2D eigenvalue weighted by atomic mass is 79.9. The van der Waals surface area contributed by atoms with Crippen LogP contribution < -0.4 is 0 Å². The molecule has 12 nitrogen and oxygen atoms in total. The van der Waals surface area contributed by atoms with Gasteiger partial charge in [-0.05, 0) is 19.3 Å². The summed E-state index contributed by atoms with van der Waals surface area (Å²) in [7, 11) is 0. The van der Waals surface area contributed by atoms with E-state index in [-0.39, 0.29) is 12.4 Å². The Hall–Kier alpha value is -2.09. The molecule has 0 unspecified atom stereocenters. The van der Waals surface area contributed by atoms with E-state index in [2.05, 4.69) is 15.9 Å². The molecule has 2 rings (SSSR count). The Morgan fingerprint density at radius 2 is 1.54 bits per heavy atom. The van der Waals surface area contributed by atoms with Gasteiger partial charge in [0, 0.05) is 40.7 Å². The number of halogens is 1. The summed E-state index contributed by atoms with van der Waals surface area (Å²) in [5.74, 6) is -3.01. The third-order valence-electron chi connectivity index (χ3n) is 5.71. The van der Waals surface area contributed by atoms with Crippen molar-refractivity contribution in [3.63, 3.8) is 0 Å². The highest BCUT2D eigenvalue weighted by molar-refractivity contribution is 9.10. The Balaban J connectivity index is 2.51. The zero-order valence-corrected chi connectivity index (χ0v) is 23.3. The predicted octanol–water partition coefficient (Wildman–Crippen LogP) is 2.12. The second kappa shape index (κ2) is 14.2. The maximum absolute atomic E-state index is 12.9. The summed E-state index contributed by atoms with van der Waals surface area (Å²) >= 11 is 3.53. The molecule has 0 radical (unpaired) electrons. The van der Waals surface area contributed by atoms with Crippen LogP contribution in [0.15, 0.2) is 0 Å². The first-order valence-electron chi connectivity index (χ1n) is 12.2. The van der Waals surface area contributed by atoms with Gasteiger partial charge >= 0.3 is 23.9 Å². The van der Waals surface area contributed by atoms with Crippen LogP contribution in [0.25, 0.3) is 0 Å². The van der Waals surface area contributed by atoms with Crippen molar-refractivity contribution in [2.24, 2.45) is 0 Å². The van der Waals surface area contributed by atoms with E-state index in [0.717, 1.165) is 33.6 Å². The zero-order valence-electron chi connectivity index (χ0n) is 21.7. The van der Waals surface area contributed by atoms with Gasteiger partial charge in [0.1, 0.15) is 17.0 Å². The van der Waals surface area contributed by atoms with Crippen LogP contribution in [0.1, 0.15) is 66.7 Å². The fourth-order valence-electron chi connectivity index (χ4n) is 4.19. The van der Waals surface area contributed by atoms with Gasteiger partial charge in [-0.25, -0.2) is 0 Å². The third kappa shape index (κ3) is 8.72. The minimum Gasteiger partial charge on any atom is -0.463 e. The number of ether oxygens (including phenoxy) is 7. The molecule has 7 atom stereocenters. The Morgan fingerprint density at radius 3 is 2.08 bits per heavy atom. The first kappa shape index (κ1) is 31.1. The summed E-state index contributed by atoms with van der Waals surface area (Å²) in [5, 5.41) is 0. The average molecular weight is 595 g/mol. The molecule has 0 aromatic carbocycles. The molecule has 13 heteroatoms. The molecule has 1 saturated heterocycles. The van der Waals surface area contributed by atoms with Gasteiger partial charge in [0.15, 0.2) is 30.4 Å². The van der Waals surface area contributed by atoms with Crippen molar-refractivity contribution in [2.75, 3.05) is 13.2 Å². The van der Waals surface area contributed by atoms with Crippen LogP contribution in [-0.2, 0) is 57.1 Å². The second-order valence-corrected chi connectivity index (χ2v) is 10.3. The Labute approximate surface area is 224 Å². The molecule has 1 heterocycles. The molecule has 0 N–H and O–H groups in total. The van der Waals surface area contributed by atoms with Gasteiger partial charge in [0.25, 0.3) is 0 Å². The van der Waals surface area contributed by atoms with E-state index in [1.807, 2.05) is 6.92 Å². The molecular formula is C24H35BrO12. The quantitative estimate of drug-likeness (QED) is 0.149. The van der Waals surface area contributed by atoms with E-state index in [1.165, 1.54) is 6.92 Å². The first-order valence-corrected chi connectivity index (χ1v) is 13.0. The molecular weight excluding hydrogens is 560 g/mol. The molecule has 0 bridgehead atoms. The third-order valence-corrected chi connectivity index (χ3v) is 6.92. The summed E-state index contributed by atoms with van der Waals surface area (Å²) in [4.78, 5) is 60.4. The second-order valence-electron chi connectivity index (χ2n) is 8.90. The number of alkyl halides is 1. The van der Waals surface area contributed by atoms with Crippen LogP contribution >= 0.6 is 15.9 Å². The number of hydrogen-bond acceptors (Lipinski definition) is 12. The normalized spacial score (nSPS) is 30.6. The van der Waals surface area contributed by atoms with Gasteiger partial charge in [-0.15, -0.1) is 0 Å². The summed E-state index contributed by atoms with van der Waals surface area (Å²) < 4.78 is 38.2. The van der Waals surface area contributed by atoms with Crippen molar-refractivity contribution in [3.05, 3.63) is 0 Å². The molecule has 0 aromatic heterocycles. The largest absolute Gasteiger partial charge is 0.463 e. The van der Waals surface area contributed by atoms with E-state index >= 15 is 0 Å². The topological polar surface area (TPSA) is 150 Å². The summed E-state index contributed by atoms with van der Waals surface area (Å²) in [6.45, 7) is 6.32. The highest BCUT2D eigenvalue weighted by Gasteiger charge is 2.55. The molecule has 210 valence electrons. The van der Waals surface area contributed by atoms with Crippen LogP contribution in [0.2, 0.25) is 0 Å². The van der Waals surface area contributed by atoms with Crippen molar-refractivity contribution >= 4 is 45.6 Å². The van der Waals surface area contributed by atoms with Crippen LogP contribution in [0.3, 0.4) is 0 Å². The molecule has 1 aliphatic carbocycles. The summed E-state index contributed by atoms with van der Waals surface area (Å²) in [5.41, 5.74) is 0. The number of carbonyl (C=O) groups excluding carboxylic acids is 5. The van der Waals surface area contributed by atoms with Crippen LogP contribution in [0.5, 0.6) is 0 Å². The van der Waals surface area contributed by atoms with Gasteiger partial charge in [-0.2, -0.15) is 0 Å². The maximum atomic E-state index is 12.9. The van der Waals surface area contributed by atoms with Crippen molar-refractivity contribution in [1.29, 1.82) is 0 Å². The first-order chi connectivity index (χ1) is 17.4. The van der Waals surface area contributed by atoms with Crippen molar-refractivity contribution < 1.29 is 57.1 Å². The molecule has 1 saturated carbocycles. The van der Waals surface area contributed by atoms with E-state index in [4.69, 9.17) is 33.2 Å². The average Bonchev–Trinajstić information content (AvgIpc) is 2.80. The molecule has 2 fully saturated rings. The number of hydrogen-bond donors (Lipinski definition) is 0. The number of carbonyl (C=O) groups is 5. The standard InChI is InChI=1S/C24H35BrO12/c1-6-11-31-23(24(25)10-8-7-9-18(24)30)37-22-21(35-16(5)29)20(34-15(4)28)19(33-14(3)27)17(36-22)12-32-13(2)26/h17,19-23H,6-12H2,1-5H3/t17-,19-,20+,21-,22+,23+,24+/m1/s1. The Bertz CT molecular complexity index is 848. The molecule has 0 aromatic rings. The van der Waals surface area contributed by atoms with Gasteiger partial charge in [0.05, 0.1) is 0 Å². The predicted molar refractivity (Wildman–Crippen MR) is 128 cm³/mol. The lowest BCUT2D eigenvalue weighted by atomic mass is 9.87. The van der Waals surface area contributed by atoms with Gasteiger partial charge in [-0.3, -0.25) is 24.0 Å². The fraction of sp³-hybridized carbons (Fsp3) is 0.792. The van der Waals surface area contributed by atoms with Gasteiger partial charge < -0.3 is 33.2 Å². The van der Waals surface area contributed by atoms with Crippen LogP contribution in [0, 0.1) is 0 Å². The van der Waals surface area contributed by atoms with E-state index < -0.39 is 71.8 Å². The number of Topliss-reactive ketones (excluding diaryl/α,β-unsaturated/α-hetero) is 1. The maximum Gasteiger partial charge on any atom is 0.303 e. The molecule has 0 spiro atoms. The number of esters is 4. The van der Waals surface area contributed by atoms with Crippen molar-refractivity contribution in [3.8, 4) is 0 Å². The molecule has 0 amide bonds. The van der Waals surface area contributed by atoms with Crippen molar-refractivity contribution in [1.82, 2.24) is 0 Å². The van der Waals surface area contributed by atoms with Crippen molar-refractivity contribution in [2.45, 2.75) is 108 Å². The highest BCUT2D eigenvalue weighted by Crippen LogP contribution is 2.40. The number of ketones is 1. The van der Waals surface area contributed by atoms with Gasteiger partial charge in [-0.1, -0.05) is 29.3 Å². The molecule has 1 aliphatic heterocycles. The minimum atomic E-state index is -1.45. The van der Waals surface area contributed by atoms with Crippen LogP contribution in [-0.4, -0.2) is 84.2 Å².